The SMILES string of the molecule is Cc1noc(C)c1C(C)CC(=O)NCC(O)CN1CCC(C)CC1. The maximum atomic E-state index is 12.1. The molecule has 1 fully saturated rings. The van der Waals surface area contributed by atoms with E-state index in [0.717, 1.165) is 36.0 Å². The third kappa shape index (κ3) is 5.31. The Bertz CT molecular complexity index is 516. The minimum Gasteiger partial charge on any atom is -0.390 e. The number of piperidine rings is 1. The summed E-state index contributed by atoms with van der Waals surface area (Å²) < 4.78 is 5.16. The summed E-state index contributed by atoms with van der Waals surface area (Å²) in [6, 6.07) is 0. The highest BCUT2D eigenvalue weighted by Gasteiger charge is 2.21. The zero-order valence-corrected chi connectivity index (χ0v) is 15.3. The molecule has 0 bridgehead atoms. The summed E-state index contributed by atoms with van der Waals surface area (Å²) >= 11 is 0. The highest BCUT2D eigenvalue weighted by atomic mass is 16.5. The lowest BCUT2D eigenvalue weighted by atomic mass is 9.96. The molecule has 2 atom stereocenters. The van der Waals surface area contributed by atoms with Crippen LogP contribution in [0.1, 0.15) is 56.0 Å². The zero-order valence-electron chi connectivity index (χ0n) is 15.3. The molecule has 6 heteroatoms. The number of hydrogen-bond donors (Lipinski definition) is 2. The summed E-state index contributed by atoms with van der Waals surface area (Å²) in [7, 11) is 0. The van der Waals surface area contributed by atoms with Crippen LogP contribution in [0.2, 0.25) is 0 Å². The van der Waals surface area contributed by atoms with Crippen LogP contribution in [-0.2, 0) is 4.79 Å². The van der Waals surface area contributed by atoms with Gasteiger partial charge in [-0.1, -0.05) is 19.0 Å². The van der Waals surface area contributed by atoms with Gasteiger partial charge in [0.15, 0.2) is 0 Å². The highest BCUT2D eigenvalue weighted by Crippen LogP contribution is 2.25. The van der Waals surface area contributed by atoms with Gasteiger partial charge in [0.1, 0.15) is 5.76 Å². The number of carbonyl (C=O) groups excluding carboxylic acids is 1. The smallest absolute Gasteiger partial charge is 0.220 e. The first-order valence-electron chi connectivity index (χ1n) is 8.96. The van der Waals surface area contributed by atoms with E-state index >= 15 is 0 Å². The number of hydrogen-bond acceptors (Lipinski definition) is 5. The predicted octanol–water partition coefficient (Wildman–Crippen LogP) is 1.99. The summed E-state index contributed by atoms with van der Waals surface area (Å²) in [5, 5.41) is 16.9. The van der Waals surface area contributed by atoms with Gasteiger partial charge in [-0.05, 0) is 51.6 Å². The lowest BCUT2D eigenvalue weighted by Gasteiger charge is -2.31. The van der Waals surface area contributed by atoms with Gasteiger partial charge in [0.2, 0.25) is 5.91 Å². The van der Waals surface area contributed by atoms with E-state index in [1.165, 1.54) is 12.8 Å². The van der Waals surface area contributed by atoms with Crippen molar-refractivity contribution < 1.29 is 14.4 Å². The Hall–Kier alpha value is -1.40. The monoisotopic (exact) mass is 337 g/mol. The number of nitrogens with one attached hydrogen (secondary N) is 1. The number of aliphatic hydroxyl groups excluding tert-OH is 1. The molecule has 1 amide bonds. The summed E-state index contributed by atoms with van der Waals surface area (Å²) in [5.74, 6) is 1.56. The van der Waals surface area contributed by atoms with Crippen LogP contribution in [0, 0.1) is 19.8 Å². The molecule has 0 saturated carbocycles. The van der Waals surface area contributed by atoms with Crippen LogP contribution in [0.25, 0.3) is 0 Å². The van der Waals surface area contributed by atoms with E-state index in [4.69, 9.17) is 4.52 Å². The van der Waals surface area contributed by atoms with Gasteiger partial charge in [-0.3, -0.25) is 4.79 Å². The van der Waals surface area contributed by atoms with Crippen molar-refractivity contribution >= 4 is 5.91 Å². The molecule has 2 heterocycles. The van der Waals surface area contributed by atoms with Gasteiger partial charge >= 0.3 is 0 Å². The Morgan fingerprint density at radius 1 is 1.42 bits per heavy atom. The van der Waals surface area contributed by atoms with Crippen molar-refractivity contribution in [3.63, 3.8) is 0 Å². The molecule has 2 N–H and O–H groups in total. The minimum atomic E-state index is -0.517. The molecule has 0 aromatic carbocycles. The standard InChI is InChI=1S/C18H31N3O3/c1-12-5-7-21(8-6-12)11-16(22)10-19-17(23)9-13(2)18-14(3)20-24-15(18)4/h12-13,16,22H,5-11H2,1-4H3,(H,19,23). The molecule has 2 rings (SSSR count). The van der Waals surface area contributed by atoms with Crippen LogP contribution in [-0.4, -0.2) is 53.4 Å². The quantitative estimate of drug-likeness (QED) is 0.795. The van der Waals surface area contributed by atoms with E-state index in [1.54, 1.807) is 0 Å². The first-order valence-corrected chi connectivity index (χ1v) is 8.96. The highest BCUT2D eigenvalue weighted by molar-refractivity contribution is 5.76. The van der Waals surface area contributed by atoms with Crippen molar-refractivity contribution in [1.29, 1.82) is 0 Å². The van der Waals surface area contributed by atoms with Gasteiger partial charge in [-0.15, -0.1) is 0 Å². The van der Waals surface area contributed by atoms with Gasteiger partial charge in [0.25, 0.3) is 0 Å². The average molecular weight is 337 g/mol. The van der Waals surface area contributed by atoms with Crippen molar-refractivity contribution in [2.75, 3.05) is 26.2 Å². The molecule has 1 aliphatic rings. The van der Waals surface area contributed by atoms with Gasteiger partial charge in [0, 0.05) is 25.1 Å². The van der Waals surface area contributed by atoms with Crippen molar-refractivity contribution in [2.45, 2.75) is 59.0 Å². The number of aromatic nitrogens is 1. The van der Waals surface area contributed by atoms with Gasteiger partial charge < -0.3 is 19.8 Å². The molecular formula is C18H31N3O3. The summed E-state index contributed by atoms with van der Waals surface area (Å²) in [6.07, 6.45) is 2.23. The van der Waals surface area contributed by atoms with E-state index in [2.05, 4.69) is 22.3 Å². The Morgan fingerprint density at radius 3 is 2.67 bits per heavy atom. The van der Waals surface area contributed by atoms with Gasteiger partial charge in [-0.25, -0.2) is 0 Å². The Morgan fingerprint density at radius 2 is 2.08 bits per heavy atom. The van der Waals surface area contributed by atoms with Crippen LogP contribution in [0.15, 0.2) is 4.52 Å². The maximum absolute atomic E-state index is 12.1. The maximum Gasteiger partial charge on any atom is 0.220 e. The van der Waals surface area contributed by atoms with E-state index in [9.17, 15) is 9.90 Å². The van der Waals surface area contributed by atoms with E-state index in [0.29, 0.717) is 19.5 Å². The lowest BCUT2D eigenvalue weighted by molar-refractivity contribution is -0.121. The first kappa shape index (κ1) is 18.9. The lowest BCUT2D eigenvalue weighted by Crippen LogP contribution is -2.43. The average Bonchev–Trinajstić information content (AvgIpc) is 2.86. The van der Waals surface area contributed by atoms with E-state index in [-0.39, 0.29) is 11.8 Å². The molecule has 6 nitrogen and oxygen atoms in total. The fourth-order valence-electron chi connectivity index (χ4n) is 3.48. The molecule has 0 spiro atoms. The fourth-order valence-corrected chi connectivity index (χ4v) is 3.48. The van der Waals surface area contributed by atoms with Crippen molar-refractivity contribution in [3.05, 3.63) is 17.0 Å². The van der Waals surface area contributed by atoms with Crippen LogP contribution in [0.5, 0.6) is 0 Å². The first-order chi connectivity index (χ1) is 11.4. The van der Waals surface area contributed by atoms with Crippen molar-refractivity contribution in [1.82, 2.24) is 15.4 Å². The third-order valence-electron chi connectivity index (χ3n) is 4.95. The van der Waals surface area contributed by atoms with Crippen molar-refractivity contribution in [3.8, 4) is 0 Å². The molecule has 1 aliphatic heterocycles. The van der Waals surface area contributed by atoms with E-state index in [1.807, 2.05) is 20.8 Å². The van der Waals surface area contributed by atoms with Gasteiger partial charge in [0.05, 0.1) is 11.8 Å². The minimum absolute atomic E-state index is 0.0474. The van der Waals surface area contributed by atoms with Crippen molar-refractivity contribution in [2.24, 2.45) is 5.92 Å². The molecule has 2 unspecified atom stereocenters. The van der Waals surface area contributed by atoms with E-state index < -0.39 is 6.10 Å². The number of amides is 1. The summed E-state index contributed by atoms with van der Waals surface area (Å²) in [4.78, 5) is 14.4. The Balaban J connectivity index is 1.70. The molecule has 0 radical (unpaired) electrons. The molecule has 136 valence electrons. The summed E-state index contributed by atoms with van der Waals surface area (Å²) in [5.41, 5.74) is 1.85. The second-order valence-electron chi connectivity index (χ2n) is 7.28. The number of rotatable bonds is 7. The Kier molecular flexibility index (Phi) is 6.80. The topological polar surface area (TPSA) is 78.6 Å². The van der Waals surface area contributed by atoms with Crippen LogP contribution in [0.3, 0.4) is 0 Å². The predicted molar refractivity (Wildman–Crippen MR) is 92.9 cm³/mol. The normalized spacial score (nSPS) is 19.2. The number of aryl methyl sites for hydroxylation is 2. The third-order valence-corrected chi connectivity index (χ3v) is 4.95. The molecule has 1 saturated heterocycles. The summed E-state index contributed by atoms with van der Waals surface area (Å²) in [6.45, 7) is 11.0. The fraction of sp³-hybridized carbons (Fsp3) is 0.778. The molecular weight excluding hydrogens is 306 g/mol. The van der Waals surface area contributed by atoms with Crippen LogP contribution < -0.4 is 5.32 Å². The van der Waals surface area contributed by atoms with Gasteiger partial charge in [-0.2, -0.15) is 0 Å². The number of β-amino-alcohol motifs (C(OH)–C–C–N with tert-alkyl or cyclic N) is 1. The molecule has 0 aliphatic carbocycles. The zero-order chi connectivity index (χ0) is 17.7. The second-order valence-corrected chi connectivity index (χ2v) is 7.28. The number of likely N-dealkylation sites (tertiary alicyclic amines) is 1. The molecule has 24 heavy (non-hydrogen) atoms. The largest absolute Gasteiger partial charge is 0.390 e. The number of carbonyl (C=O) groups is 1. The Labute approximate surface area is 144 Å². The molecule has 1 aromatic rings. The number of aliphatic hydroxyl groups is 1. The second kappa shape index (κ2) is 8.62. The van der Waals surface area contributed by atoms with Crippen LogP contribution in [0.4, 0.5) is 0 Å². The number of nitrogens with zero attached hydrogens (tertiary/aromatic N) is 2. The van der Waals surface area contributed by atoms with Crippen LogP contribution >= 0.6 is 0 Å². The molecule has 1 aromatic heterocycles.